The van der Waals surface area contributed by atoms with Crippen molar-refractivity contribution in [2.24, 2.45) is 5.73 Å². The average molecular weight is 259 g/mol. The van der Waals surface area contributed by atoms with Crippen LogP contribution in [0.1, 0.15) is 24.9 Å². The summed E-state index contributed by atoms with van der Waals surface area (Å²) in [5.74, 6) is -0.0442. The summed E-state index contributed by atoms with van der Waals surface area (Å²) in [6, 6.07) is 3.47. The molecule has 0 aromatic heterocycles. The molecule has 0 saturated heterocycles. The summed E-state index contributed by atoms with van der Waals surface area (Å²) >= 11 is 12.1. The molecule has 0 fully saturated rings. The van der Waals surface area contributed by atoms with E-state index in [1.54, 1.807) is 11.0 Å². The van der Waals surface area contributed by atoms with E-state index in [0.717, 1.165) is 12.0 Å². The maximum atomic E-state index is 11.5. The van der Waals surface area contributed by atoms with E-state index >= 15 is 0 Å². The first-order chi connectivity index (χ1) is 7.52. The second-order valence-corrected chi connectivity index (χ2v) is 4.65. The maximum absolute atomic E-state index is 11.5. The fraction of sp³-hybridized carbons (Fsp3) is 0.364. The number of anilines is 1. The van der Waals surface area contributed by atoms with Crippen LogP contribution in [-0.2, 0) is 4.79 Å². The van der Waals surface area contributed by atoms with E-state index in [1.807, 2.05) is 6.07 Å². The summed E-state index contributed by atoms with van der Waals surface area (Å²) in [5.41, 5.74) is 7.54. The molecule has 16 heavy (non-hydrogen) atoms. The molecule has 1 aliphatic rings. The molecule has 0 saturated carbocycles. The molecule has 2 N–H and O–H groups in total. The Balaban J connectivity index is 2.62. The smallest absolute Gasteiger partial charge is 0.223 e. The number of halogens is 2. The SMILES string of the molecule is CC(=O)N1CCC(N)c2ccc(Cl)c(Cl)c21. The summed E-state index contributed by atoms with van der Waals surface area (Å²) in [6.07, 6.45) is 0.741. The van der Waals surface area contributed by atoms with E-state index in [4.69, 9.17) is 28.9 Å². The van der Waals surface area contributed by atoms with Crippen molar-refractivity contribution in [2.45, 2.75) is 19.4 Å². The number of fused-ring (bicyclic) bond motifs is 1. The van der Waals surface area contributed by atoms with Crippen LogP contribution < -0.4 is 10.6 Å². The van der Waals surface area contributed by atoms with E-state index < -0.39 is 0 Å². The highest BCUT2D eigenvalue weighted by Gasteiger charge is 2.28. The van der Waals surface area contributed by atoms with Crippen LogP contribution in [0.5, 0.6) is 0 Å². The lowest BCUT2D eigenvalue weighted by Gasteiger charge is -2.33. The predicted molar refractivity (Wildman–Crippen MR) is 66.0 cm³/mol. The standard InChI is InChI=1S/C11H12Cl2N2O/c1-6(16)15-5-4-9(14)7-2-3-8(12)10(13)11(7)15/h2-3,9H,4-5,14H2,1H3. The monoisotopic (exact) mass is 258 g/mol. The molecule has 86 valence electrons. The molecule has 1 amide bonds. The lowest BCUT2D eigenvalue weighted by molar-refractivity contribution is -0.116. The Labute approximate surface area is 104 Å². The number of hydrogen-bond acceptors (Lipinski definition) is 2. The summed E-state index contributed by atoms with van der Waals surface area (Å²) in [4.78, 5) is 13.1. The fourth-order valence-electron chi connectivity index (χ4n) is 1.98. The molecule has 0 bridgehead atoms. The molecular formula is C11H12Cl2N2O. The summed E-state index contributed by atoms with van der Waals surface area (Å²) in [6.45, 7) is 2.10. The minimum absolute atomic E-state index is 0.0442. The second kappa shape index (κ2) is 4.24. The molecule has 1 heterocycles. The molecule has 1 aromatic rings. The van der Waals surface area contributed by atoms with Crippen molar-refractivity contribution in [1.29, 1.82) is 0 Å². The minimum Gasteiger partial charge on any atom is -0.324 e. The van der Waals surface area contributed by atoms with Crippen molar-refractivity contribution in [1.82, 2.24) is 0 Å². The number of nitrogens with two attached hydrogens (primary N) is 1. The molecule has 0 aliphatic carbocycles. The van der Waals surface area contributed by atoms with E-state index in [0.29, 0.717) is 22.3 Å². The summed E-state index contributed by atoms with van der Waals surface area (Å²) in [5, 5.41) is 0.852. The van der Waals surface area contributed by atoms with Gasteiger partial charge in [0.2, 0.25) is 5.91 Å². The zero-order valence-corrected chi connectivity index (χ0v) is 10.3. The third-order valence-electron chi connectivity index (χ3n) is 2.81. The van der Waals surface area contributed by atoms with Crippen LogP contribution in [0.3, 0.4) is 0 Å². The molecule has 2 rings (SSSR count). The Morgan fingerprint density at radius 3 is 2.81 bits per heavy atom. The Kier molecular flexibility index (Phi) is 3.10. The van der Waals surface area contributed by atoms with Gasteiger partial charge in [0.05, 0.1) is 15.7 Å². The zero-order valence-electron chi connectivity index (χ0n) is 8.84. The van der Waals surface area contributed by atoms with Crippen LogP contribution in [0.25, 0.3) is 0 Å². The van der Waals surface area contributed by atoms with E-state index in [-0.39, 0.29) is 11.9 Å². The maximum Gasteiger partial charge on any atom is 0.223 e. The van der Waals surface area contributed by atoms with E-state index in [2.05, 4.69) is 0 Å². The van der Waals surface area contributed by atoms with Gasteiger partial charge < -0.3 is 10.6 Å². The first-order valence-corrected chi connectivity index (χ1v) is 5.79. The van der Waals surface area contributed by atoms with Gasteiger partial charge in [0.1, 0.15) is 0 Å². The second-order valence-electron chi connectivity index (χ2n) is 3.87. The van der Waals surface area contributed by atoms with Gasteiger partial charge in [-0.1, -0.05) is 29.3 Å². The normalized spacial score (nSPS) is 19.5. The van der Waals surface area contributed by atoms with Gasteiger partial charge in [-0.15, -0.1) is 0 Å². The molecule has 0 spiro atoms. The van der Waals surface area contributed by atoms with Gasteiger partial charge in [-0.2, -0.15) is 0 Å². The quantitative estimate of drug-likeness (QED) is 0.778. The molecule has 5 heteroatoms. The highest BCUT2D eigenvalue weighted by atomic mass is 35.5. The van der Waals surface area contributed by atoms with Gasteiger partial charge >= 0.3 is 0 Å². The molecule has 1 unspecified atom stereocenters. The third-order valence-corrected chi connectivity index (χ3v) is 3.61. The Hall–Kier alpha value is -0.770. The van der Waals surface area contributed by atoms with E-state index in [1.165, 1.54) is 6.92 Å². The number of carbonyl (C=O) groups excluding carboxylic acids is 1. The minimum atomic E-state index is -0.0830. The molecule has 3 nitrogen and oxygen atoms in total. The van der Waals surface area contributed by atoms with Gasteiger partial charge in [0.15, 0.2) is 0 Å². The van der Waals surface area contributed by atoms with Gasteiger partial charge in [0.25, 0.3) is 0 Å². The Morgan fingerprint density at radius 2 is 2.19 bits per heavy atom. The number of rotatable bonds is 0. The van der Waals surface area contributed by atoms with Crippen molar-refractivity contribution in [3.05, 3.63) is 27.7 Å². The number of carbonyl (C=O) groups is 1. The Morgan fingerprint density at radius 1 is 1.50 bits per heavy atom. The van der Waals surface area contributed by atoms with Gasteiger partial charge in [-0.05, 0) is 18.1 Å². The van der Waals surface area contributed by atoms with Crippen molar-refractivity contribution < 1.29 is 4.79 Å². The molecule has 0 radical (unpaired) electrons. The fourth-order valence-corrected chi connectivity index (χ4v) is 2.41. The Bertz CT molecular complexity index is 448. The number of benzene rings is 1. The largest absolute Gasteiger partial charge is 0.324 e. The third kappa shape index (κ3) is 1.79. The van der Waals surface area contributed by atoms with Crippen LogP contribution >= 0.6 is 23.2 Å². The molecule has 1 aromatic carbocycles. The van der Waals surface area contributed by atoms with Gasteiger partial charge in [0, 0.05) is 19.5 Å². The van der Waals surface area contributed by atoms with E-state index in [9.17, 15) is 4.79 Å². The average Bonchev–Trinajstić information content (AvgIpc) is 2.23. The lowest BCUT2D eigenvalue weighted by atomic mass is 9.97. The molecular weight excluding hydrogens is 247 g/mol. The zero-order chi connectivity index (χ0) is 11.9. The highest BCUT2D eigenvalue weighted by Crippen LogP contribution is 2.41. The number of nitrogens with zero attached hydrogens (tertiary/aromatic N) is 1. The van der Waals surface area contributed by atoms with Crippen LogP contribution in [0, 0.1) is 0 Å². The first kappa shape index (κ1) is 11.7. The van der Waals surface area contributed by atoms with Crippen molar-refractivity contribution in [3.8, 4) is 0 Å². The van der Waals surface area contributed by atoms with Crippen LogP contribution in [-0.4, -0.2) is 12.5 Å². The lowest BCUT2D eigenvalue weighted by Crippen LogP contribution is -2.37. The molecule has 1 aliphatic heterocycles. The number of amides is 1. The first-order valence-electron chi connectivity index (χ1n) is 5.04. The van der Waals surface area contributed by atoms with Crippen molar-refractivity contribution in [3.63, 3.8) is 0 Å². The molecule has 1 atom stereocenters. The van der Waals surface area contributed by atoms with Gasteiger partial charge in [-0.25, -0.2) is 0 Å². The highest BCUT2D eigenvalue weighted by molar-refractivity contribution is 6.44. The number of hydrogen-bond donors (Lipinski definition) is 1. The summed E-state index contributed by atoms with van der Waals surface area (Å²) in [7, 11) is 0. The van der Waals surface area contributed by atoms with Crippen molar-refractivity contribution >= 4 is 34.8 Å². The van der Waals surface area contributed by atoms with Crippen LogP contribution in [0.15, 0.2) is 12.1 Å². The van der Waals surface area contributed by atoms with Gasteiger partial charge in [-0.3, -0.25) is 4.79 Å². The topological polar surface area (TPSA) is 46.3 Å². The van der Waals surface area contributed by atoms with Crippen LogP contribution in [0.2, 0.25) is 10.0 Å². The van der Waals surface area contributed by atoms with Crippen LogP contribution in [0.4, 0.5) is 5.69 Å². The summed E-state index contributed by atoms with van der Waals surface area (Å²) < 4.78 is 0. The van der Waals surface area contributed by atoms with Crippen molar-refractivity contribution in [2.75, 3.05) is 11.4 Å². The predicted octanol–water partition coefficient (Wildman–Crippen LogP) is 2.75.